The van der Waals surface area contributed by atoms with Gasteiger partial charge >= 0.3 is 0 Å². The summed E-state index contributed by atoms with van der Waals surface area (Å²) in [6, 6.07) is 11.5. The smallest absolute Gasteiger partial charge is 0.254 e. The molecule has 7 rings (SSSR count). The lowest BCUT2D eigenvalue weighted by atomic mass is 10.0. The minimum absolute atomic E-state index is 0.00112. The molecule has 0 bridgehead atoms. The van der Waals surface area contributed by atoms with Crippen molar-refractivity contribution in [1.82, 2.24) is 24.0 Å². The third-order valence-corrected chi connectivity index (χ3v) is 9.05. The predicted molar refractivity (Wildman–Crippen MR) is 170 cm³/mol. The van der Waals surface area contributed by atoms with E-state index in [1.165, 1.54) is 18.1 Å². The van der Waals surface area contributed by atoms with Gasteiger partial charge in [-0.15, -0.1) is 0 Å². The van der Waals surface area contributed by atoms with Gasteiger partial charge in [-0.3, -0.25) is 4.79 Å². The first-order valence-corrected chi connectivity index (χ1v) is 15.4. The number of imidazole rings is 1. The Bertz CT molecular complexity index is 1970. The average molecular weight is 631 g/mol. The van der Waals surface area contributed by atoms with Crippen LogP contribution in [0.4, 0.5) is 8.78 Å². The maximum absolute atomic E-state index is 15.2. The minimum Gasteiger partial charge on any atom is -0.496 e. The molecule has 1 aliphatic heterocycles. The molecule has 46 heavy (non-hydrogen) atoms. The molecule has 1 aliphatic carbocycles. The number of amides is 1. The number of aryl methyl sites for hydroxylation is 1. The van der Waals surface area contributed by atoms with Gasteiger partial charge in [0.1, 0.15) is 34.7 Å². The topological polar surface area (TPSA) is 121 Å². The molecule has 4 heterocycles. The van der Waals surface area contributed by atoms with Crippen molar-refractivity contribution in [2.75, 3.05) is 27.3 Å². The minimum atomic E-state index is -1.17. The molecule has 2 fully saturated rings. The van der Waals surface area contributed by atoms with Gasteiger partial charge in [0.2, 0.25) is 0 Å². The molecule has 10 nitrogen and oxygen atoms in total. The molecule has 1 saturated carbocycles. The SMILES string of the molecule is COc1cc(-c2ccc3cc(-c4nc5cc(C(=O)N6C[C@H](N)C[C@@H](F)C6)cc(OC)c5n4C)n(CC4CC4)c3n2)c(F)cc1CO. The molecular weight excluding hydrogens is 594 g/mol. The number of aromatic nitrogens is 4. The van der Waals surface area contributed by atoms with Gasteiger partial charge in [0.25, 0.3) is 5.91 Å². The van der Waals surface area contributed by atoms with Crippen LogP contribution in [-0.2, 0) is 20.2 Å². The van der Waals surface area contributed by atoms with Crippen molar-refractivity contribution >= 4 is 28.0 Å². The fourth-order valence-corrected chi connectivity index (χ4v) is 6.55. The number of piperidine rings is 1. The summed E-state index contributed by atoms with van der Waals surface area (Å²) < 4.78 is 44.7. The van der Waals surface area contributed by atoms with Gasteiger partial charge in [-0.2, -0.15) is 0 Å². The lowest BCUT2D eigenvalue weighted by Crippen LogP contribution is -2.50. The van der Waals surface area contributed by atoms with E-state index in [0.717, 1.165) is 23.9 Å². The summed E-state index contributed by atoms with van der Waals surface area (Å²) in [6.07, 6.45) is 1.28. The fourth-order valence-electron chi connectivity index (χ4n) is 6.55. The lowest BCUT2D eigenvalue weighted by molar-refractivity contribution is 0.0606. The summed E-state index contributed by atoms with van der Waals surface area (Å²) in [6.45, 7) is 0.655. The van der Waals surface area contributed by atoms with Crippen molar-refractivity contribution in [3.8, 4) is 34.3 Å². The predicted octanol–water partition coefficient (Wildman–Crippen LogP) is 4.83. The summed E-state index contributed by atoms with van der Waals surface area (Å²) in [7, 11) is 4.92. The lowest BCUT2D eigenvalue weighted by Gasteiger charge is -2.33. The highest BCUT2D eigenvalue weighted by atomic mass is 19.1. The molecule has 0 spiro atoms. The molecular formula is C34H36F2N6O4. The molecule has 240 valence electrons. The molecule has 0 radical (unpaired) electrons. The third-order valence-electron chi connectivity index (χ3n) is 9.05. The number of alkyl halides is 1. The first kappa shape index (κ1) is 30.1. The van der Waals surface area contributed by atoms with Gasteiger partial charge < -0.3 is 34.3 Å². The number of benzene rings is 2. The molecule has 1 amide bonds. The zero-order valence-corrected chi connectivity index (χ0v) is 26.0. The molecule has 2 aromatic carbocycles. The first-order chi connectivity index (χ1) is 22.2. The highest BCUT2D eigenvalue weighted by Crippen LogP contribution is 2.39. The van der Waals surface area contributed by atoms with E-state index in [4.69, 9.17) is 25.2 Å². The molecule has 0 unspecified atom stereocenters. The molecule has 2 aliphatic rings. The van der Waals surface area contributed by atoms with Crippen molar-refractivity contribution in [3.63, 3.8) is 0 Å². The van der Waals surface area contributed by atoms with Gasteiger partial charge in [0.15, 0.2) is 5.82 Å². The number of halogens is 2. The highest BCUT2D eigenvalue weighted by Gasteiger charge is 2.31. The largest absolute Gasteiger partial charge is 0.496 e. The standard InChI is InChI=1S/C34H36F2N6O4/c1-40-31-27(9-20(11-30(31)46-3)34(44)41-15-22(35)12-23(37)16-41)39-33(40)28-10-19-6-7-26(38-32(19)42(28)14-18-4-5-18)24-13-29(45-2)21(17-43)8-25(24)36/h6-11,13,18,22-23,43H,4-5,12,14-17,37H2,1-3H3/t22-,23-/m1/s1. The summed E-state index contributed by atoms with van der Waals surface area (Å²) in [5.41, 5.74) is 10.2. The zero-order valence-electron chi connectivity index (χ0n) is 26.0. The Hall–Kier alpha value is -4.55. The maximum atomic E-state index is 15.2. The van der Waals surface area contributed by atoms with Gasteiger partial charge in [-0.25, -0.2) is 18.7 Å². The number of carbonyl (C=O) groups is 1. The normalized spacial score (nSPS) is 18.5. The molecule has 2 atom stereocenters. The fraction of sp³-hybridized carbons (Fsp3) is 0.382. The van der Waals surface area contributed by atoms with Crippen molar-refractivity contribution in [1.29, 1.82) is 0 Å². The Kier molecular flexibility index (Phi) is 7.64. The summed E-state index contributed by atoms with van der Waals surface area (Å²) in [5, 5.41) is 10.5. The third kappa shape index (κ3) is 5.25. The van der Waals surface area contributed by atoms with Crippen LogP contribution in [0.5, 0.6) is 11.5 Å². The van der Waals surface area contributed by atoms with Crippen LogP contribution >= 0.6 is 0 Å². The van der Waals surface area contributed by atoms with E-state index in [-0.39, 0.29) is 37.6 Å². The molecule has 1 saturated heterocycles. The van der Waals surface area contributed by atoms with E-state index in [2.05, 4.69) is 4.57 Å². The second-order valence-corrected chi connectivity index (χ2v) is 12.3. The molecule has 12 heteroatoms. The highest BCUT2D eigenvalue weighted by molar-refractivity contribution is 6.00. The van der Waals surface area contributed by atoms with Gasteiger partial charge in [0, 0.05) is 48.3 Å². The van der Waals surface area contributed by atoms with Crippen molar-refractivity contribution in [3.05, 3.63) is 59.4 Å². The van der Waals surface area contributed by atoms with Crippen molar-refractivity contribution in [2.24, 2.45) is 18.7 Å². The number of nitrogens with zero attached hydrogens (tertiary/aromatic N) is 5. The average Bonchev–Trinajstić information content (AvgIpc) is 3.72. The number of hydrogen-bond donors (Lipinski definition) is 2. The van der Waals surface area contributed by atoms with Gasteiger partial charge in [-0.05, 0) is 67.6 Å². The van der Waals surface area contributed by atoms with Gasteiger partial charge in [0.05, 0.1) is 44.3 Å². The van der Waals surface area contributed by atoms with Crippen molar-refractivity contribution < 1.29 is 28.2 Å². The van der Waals surface area contributed by atoms with Crippen LogP contribution in [0.3, 0.4) is 0 Å². The van der Waals surface area contributed by atoms with Crippen LogP contribution in [0, 0.1) is 11.7 Å². The summed E-state index contributed by atoms with van der Waals surface area (Å²) in [4.78, 5) is 24.9. The van der Waals surface area contributed by atoms with Crippen LogP contribution in [-0.4, -0.2) is 74.5 Å². The summed E-state index contributed by atoms with van der Waals surface area (Å²) >= 11 is 0. The Balaban J connectivity index is 1.34. The Morgan fingerprint density at radius 3 is 2.54 bits per heavy atom. The zero-order chi connectivity index (χ0) is 32.3. The monoisotopic (exact) mass is 630 g/mol. The molecule has 3 aromatic heterocycles. The second-order valence-electron chi connectivity index (χ2n) is 12.3. The van der Waals surface area contributed by atoms with Crippen LogP contribution in [0.2, 0.25) is 0 Å². The number of ether oxygens (including phenoxy) is 2. The first-order valence-electron chi connectivity index (χ1n) is 15.4. The quantitative estimate of drug-likeness (QED) is 0.252. The van der Waals surface area contributed by atoms with E-state index in [0.29, 0.717) is 63.3 Å². The Morgan fingerprint density at radius 1 is 1.07 bits per heavy atom. The molecule has 3 N–H and O–H groups in total. The van der Waals surface area contributed by atoms with Gasteiger partial charge in [-0.1, -0.05) is 0 Å². The summed E-state index contributed by atoms with van der Waals surface area (Å²) in [5.74, 6) is 1.18. The van der Waals surface area contributed by atoms with E-state index < -0.39 is 18.0 Å². The number of carbonyl (C=O) groups excluding carboxylic acids is 1. The second kappa shape index (κ2) is 11.7. The van der Waals surface area contributed by atoms with E-state index in [9.17, 15) is 14.3 Å². The number of likely N-dealkylation sites (tertiary alicyclic amines) is 1. The molecule has 5 aromatic rings. The number of hydrogen-bond acceptors (Lipinski definition) is 7. The number of methoxy groups -OCH3 is 2. The van der Waals surface area contributed by atoms with E-state index >= 15 is 4.39 Å². The maximum Gasteiger partial charge on any atom is 0.254 e. The Labute approximate surface area is 264 Å². The number of nitrogens with two attached hydrogens (primary N) is 1. The number of aliphatic hydroxyl groups excluding tert-OH is 1. The van der Waals surface area contributed by atoms with Crippen LogP contribution in [0.1, 0.15) is 35.2 Å². The van der Waals surface area contributed by atoms with E-state index in [1.54, 1.807) is 31.4 Å². The number of fused-ring (bicyclic) bond motifs is 2. The van der Waals surface area contributed by atoms with Crippen LogP contribution in [0.25, 0.3) is 44.8 Å². The number of rotatable bonds is 8. The Morgan fingerprint density at radius 2 is 1.85 bits per heavy atom. The van der Waals surface area contributed by atoms with Crippen LogP contribution in [0.15, 0.2) is 42.5 Å². The van der Waals surface area contributed by atoms with Crippen molar-refractivity contribution in [2.45, 2.75) is 44.6 Å². The number of aliphatic hydroxyl groups is 1. The van der Waals surface area contributed by atoms with Crippen LogP contribution < -0.4 is 15.2 Å². The number of pyridine rings is 1. The van der Waals surface area contributed by atoms with E-state index in [1.807, 2.05) is 23.7 Å².